The number of nitrogens with zero attached hydrogens (tertiary/aromatic N) is 2. The number of anilines is 1. The van der Waals surface area contributed by atoms with E-state index in [-0.39, 0.29) is 12.1 Å². The molecule has 6 nitrogen and oxygen atoms in total. The number of fused-ring (bicyclic) bond motifs is 3. The summed E-state index contributed by atoms with van der Waals surface area (Å²) in [7, 11) is 9.40. The van der Waals surface area contributed by atoms with E-state index in [1.807, 2.05) is 43.3 Å². The van der Waals surface area contributed by atoms with E-state index in [1.54, 1.807) is 7.11 Å². The van der Waals surface area contributed by atoms with Crippen LogP contribution in [0.2, 0.25) is 0 Å². The zero-order valence-corrected chi connectivity index (χ0v) is 24.7. The maximum absolute atomic E-state index is 13.4. The SMILES string of the molecule is COC(=O)c1c2c(c3cc(OC)ccc3c1C)OC(c1ccccc1)C=C2c1ccc(N(C)CCCN(C)C)cc1. The number of benzene rings is 4. The second-order valence-electron chi connectivity index (χ2n) is 10.8. The Balaban J connectivity index is 1.69. The molecule has 1 unspecified atom stereocenters. The highest BCUT2D eigenvalue weighted by Gasteiger charge is 2.32. The summed E-state index contributed by atoms with van der Waals surface area (Å²) in [5.74, 6) is 0.991. The largest absolute Gasteiger partial charge is 0.497 e. The van der Waals surface area contributed by atoms with Crippen molar-refractivity contribution in [2.24, 2.45) is 0 Å². The van der Waals surface area contributed by atoms with Crippen LogP contribution in [-0.4, -0.2) is 59.3 Å². The van der Waals surface area contributed by atoms with Crippen LogP contribution in [0.3, 0.4) is 0 Å². The third kappa shape index (κ3) is 5.66. The van der Waals surface area contributed by atoms with Crippen LogP contribution in [0.15, 0.2) is 78.9 Å². The smallest absolute Gasteiger partial charge is 0.338 e. The molecule has 0 bridgehead atoms. The first-order valence-corrected chi connectivity index (χ1v) is 13.9. The van der Waals surface area contributed by atoms with E-state index in [0.29, 0.717) is 11.3 Å². The number of ether oxygens (including phenoxy) is 3. The van der Waals surface area contributed by atoms with Gasteiger partial charge >= 0.3 is 5.97 Å². The molecule has 0 spiro atoms. The Morgan fingerprint density at radius 3 is 2.29 bits per heavy atom. The van der Waals surface area contributed by atoms with Gasteiger partial charge in [-0.15, -0.1) is 0 Å². The number of carbonyl (C=O) groups is 1. The molecule has 0 saturated carbocycles. The summed E-state index contributed by atoms with van der Waals surface area (Å²) in [5, 5.41) is 1.82. The molecular formula is C35H38N2O4. The van der Waals surface area contributed by atoms with Gasteiger partial charge in [0.15, 0.2) is 0 Å². The Kier molecular flexibility index (Phi) is 8.31. The van der Waals surface area contributed by atoms with Crippen LogP contribution in [0.4, 0.5) is 5.69 Å². The van der Waals surface area contributed by atoms with Crippen molar-refractivity contribution >= 4 is 28.0 Å². The highest BCUT2D eigenvalue weighted by Crippen LogP contribution is 2.48. The van der Waals surface area contributed by atoms with Gasteiger partial charge in [0.05, 0.1) is 19.8 Å². The number of rotatable bonds is 9. The van der Waals surface area contributed by atoms with Gasteiger partial charge in [-0.2, -0.15) is 0 Å². The van der Waals surface area contributed by atoms with Gasteiger partial charge in [-0.1, -0.05) is 48.5 Å². The maximum atomic E-state index is 13.4. The molecule has 0 amide bonds. The van der Waals surface area contributed by atoms with Crippen LogP contribution in [0, 0.1) is 6.92 Å². The molecular weight excluding hydrogens is 512 g/mol. The minimum absolute atomic E-state index is 0.338. The van der Waals surface area contributed by atoms with Crippen LogP contribution in [-0.2, 0) is 4.74 Å². The van der Waals surface area contributed by atoms with Gasteiger partial charge in [0, 0.05) is 30.2 Å². The van der Waals surface area contributed by atoms with Crippen molar-refractivity contribution in [3.63, 3.8) is 0 Å². The molecule has 5 rings (SSSR count). The van der Waals surface area contributed by atoms with Crippen molar-refractivity contribution in [2.45, 2.75) is 19.4 Å². The maximum Gasteiger partial charge on any atom is 0.338 e. The van der Waals surface area contributed by atoms with Crippen LogP contribution in [0.1, 0.15) is 45.1 Å². The predicted molar refractivity (Wildman–Crippen MR) is 166 cm³/mol. The molecule has 0 aliphatic carbocycles. The lowest BCUT2D eigenvalue weighted by molar-refractivity contribution is 0.0599. The Labute approximate surface area is 242 Å². The first-order chi connectivity index (χ1) is 19.8. The van der Waals surface area contributed by atoms with Crippen molar-refractivity contribution in [1.29, 1.82) is 0 Å². The fourth-order valence-electron chi connectivity index (χ4n) is 5.56. The molecule has 0 N–H and O–H groups in total. The lowest BCUT2D eigenvalue weighted by Gasteiger charge is -2.30. The lowest BCUT2D eigenvalue weighted by Crippen LogP contribution is -2.23. The van der Waals surface area contributed by atoms with E-state index in [9.17, 15) is 4.79 Å². The second kappa shape index (κ2) is 12.1. The Morgan fingerprint density at radius 2 is 1.63 bits per heavy atom. The average molecular weight is 551 g/mol. The summed E-state index contributed by atoms with van der Waals surface area (Å²) < 4.78 is 17.6. The van der Waals surface area contributed by atoms with Crippen molar-refractivity contribution < 1.29 is 19.0 Å². The van der Waals surface area contributed by atoms with Gasteiger partial charge < -0.3 is 24.0 Å². The van der Waals surface area contributed by atoms with Gasteiger partial charge in [-0.05, 0) is 92.0 Å². The number of aryl methyl sites for hydroxylation is 1. The number of methoxy groups -OCH3 is 2. The third-order valence-corrected chi connectivity index (χ3v) is 7.80. The quantitative estimate of drug-likeness (QED) is 0.211. The van der Waals surface area contributed by atoms with Crippen molar-refractivity contribution in [3.8, 4) is 11.5 Å². The van der Waals surface area contributed by atoms with Gasteiger partial charge in [0.25, 0.3) is 0 Å². The first kappa shape index (κ1) is 28.2. The summed E-state index contributed by atoms with van der Waals surface area (Å²) in [6, 6.07) is 24.6. The number of esters is 1. The molecule has 1 aliphatic heterocycles. The van der Waals surface area contributed by atoms with Crippen LogP contribution < -0.4 is 14.4 Å². The van der Waals surface area contributed by atoms with Crippen LogP contribution in [0.5, 0.6) is 11.5 Å². The number of carbonyl (C=O) groups excluding carboxylic acids is 1. The zero-order chi connectivity index (χ0) is 29.1. The van der Waals surface area contributed by atoms with Crippen LogP contribution >= 0.6 is 0 Å². The zero-order valence-electron chi connectivity index (χ0n) is 24.7. The molecule has 4 aromatic rings. The van der Waals surface area contributed by atoms with Crippen molar-refractivity contribution in [2.75, 3.05) is 53.4 Å². The third-order valence-electron chi connectivity index (χ3n) is 7.80. The highest BCUT2D eigenvalue weighted by atomic mass is 16.5. The standard InChI is InChI=1S/C35H38N2O4/c1-23-28-18-17-27(39-5)21-30(28)34-33(32(23)35(38)40-6)29(22-31(41-34)25-11-8-7-9-12-25)24-13-15-26(16-14-24)37(4)20-10-19-36(2)3/h7-9,11-18,21-22,31H,10,19-20H2,1-6H3. The molecule has 1 heterocycles. The van der Waals surface area contributed by atoms with Gasteiger partial charge in [0.2, 0.25) is 0 Å². The summed E-state index contributed by atoms with van der Waals surface area (Å²) in [6.45, 7) is 3.97. The predicted octanol–water partition coefficient (Wildman–Crippen LogP) is 6.90. The van der Waals surface area contributed by atoms with Gasteiger partial charge in [-0.25, -0.2) is 4.79 Å². The van der Waals surface area contributed by atoms with E-state index in [1.165, 1.54) is 7.11 Å². The average Bonchev–Trinajstić information content (AvgIpc) is 3.00. The lowest BCUT2D eigenvalue weighted by atomic mass is 9.84. The molecule has 0 aromatic heterocycles. The summed E-state index contributed by atoms with van der Waals surface area (Å²) >= 11 is 0. The van der Waals surface area contributed by atoms with E-state index in [0.717, 1.165) is 69.5 Å². The number of hydrogen-bond acceptors (Lipinski definition) is 6. The summed E-state index contributed by atoms with van der Waals surface area (Å²) in [4.78, 5) is 17.8. The summed E-state index contributed by atoms with van der Waals surface area (Å²) in [5.41, 5.74) is 6.23. The van der Waals surface area contributed by atoms with E-state index in [4.69, 9.17) is 14.2 Å². The topological polar surface area (TPSA) is 51.2 Å². The monoisotopic (exact) mass is 550 g/mol. The van der Waals surface area contributed by atoms with Gasteiger partial charge in [0.1, 0.15) is 17.6 Å². The normalized spacial score (nSPS) is 14.3. The van der Waals surface area contributed by atoms with E-state index >= 15 is 0 Å². The van der Waals surface area contributed by atoms with E-state index in [2.05, 4.69) is 73.4 Å². The Morgan fingerprint density at radius 1 is 0.902 bits per heavy atom. The fourth-order valence-corrected chi connectivity index (χ4v) is 5.56. The molecule has 41 heavy (non-hydrogen) atoms. The fraction of sp³-hybridized carbons (Fsp3) is 0.286. The van der Waals surface area contributed by atoms with Crippen molar-refractivity contribution in [1.82, 2.24) is 4.90 Å². The van der Waals surface area contributed by atoms with E-state index < -0.39 is 0 Å². The molecule has 6 heteroatoms. The Hall–Kier alpha value is -4.29. The molecule has 212 valence electrons. The minimum atomic E-state index is -0.388. The number of hydrogen-bond donors (Lipinski definition) is 0. The van der Waals surface area contributed by atoms with Gasteiger partial charge in [-0.3, -0.25) is 0 Å². The minimum Gasteiger partial charge on any atom is -0.497 e. The first-order valence-electron chi connectivity index (χ1n) is 13.9. The second-order valence-corrected chi connectivity index (χ2v) is 10.8. The molecule has 0 radical (unpaired) electrons. The molecule has 1 atom stereocenters. The highest BCUT2D eigenvalue weighted by molar-refractivity contribution is 6.09. The van der Waals surface area contributed by atoms with Crippen molar-refractivity contribution in [3.05, 3.63) is 107 Å². The molecule has 0 saturated heterocycles. The molecule has 4 aromatic carbocycles. The molecule has 1 aliphatic rings. The molecule has 0 fully saturated rings. The summed E-state index contributed by atoms with van der Waals surface area (Å²) in [6.07, 6.45) is 2.86. The van der Waals surface area contributed by atoms with Crippen LogP contribution in [0.25, 0.3) is 16.3 Å². The Bertz CT molecular complexity index is 1580.